The molecule has 0 aromatic heterocycles. The molecule has 0 saturated carbocycles. The van der Waals surface area contributed by atoms with Crippen LogP contribution in [0.5, 0.6) is 5.75 Å². The molecule has 0 saturated heterocycles. The van der Waals surface area contributed by atoms with Gasteiger partial charge in [-0.1, -0.05) is 42.3 Å². The van der Waals surface area contributed by atoms with Crippen LogP contribution in [0.3, 0.4) is 0 Å². The minimum Gasteiger partial charge on any atom is -0.486 e. The number of aryl methyl sites for hydroxylation is 1. The van der Waals surface area contributed by atoms with Gasteiger partial charge in [0.15, 0.2) is 0 Å². The average Bonchev–Trinajstić information content (AvgIpc) is 3.20. The highest BCUT2D eigenvalue weighted by Crippen LogP contribution is 2.38. The van der Waals surface area contributed by atoms with Gasteiger partial charge in [-0.3, -0.25) is 4.79 Å². The van der Waals surface area contributed by atoms with E-state index in [0.29, 0.717) is 11.3 Å². The average molecular weight is 464 g/mol. The molecule has 0 spiro atoms. The first-order valence-corrected chi connectivity index (χ1v) is 11.0. The molecule has 2 atom stereocenters. The van der Waals surface area contributed by atoms with Gasteiger partial charge in [-0.15, -0.1) is 5.92 Å². The lowest BCUT2D eigenvalue weighted by molar-refractivity contribution is -0.138. The fourth-order valence-corrected chi connectivity index (χ4v) is 4.26. The molecule has 34 heavy (non-hydrogen) atoms. The van der Waals surface area contributed by atoms with Crippen LogP contribution < -0.4 is 4.74 Å². The lowest BCUT2D eigenvalue weighted by Gasteiger charge is -2.17. The van der Waals surface area contributed by atoms with Crippen molar-refractivity contribution in [2.24, 2.45) is 0 Å². The van der Waals surface area contributed by atoms with Gasteiger partial charge in [-0.05, 0) is 77.9 Å². The first-order valence-electron chi connectivity index (χ1n) is 11.0. The van der Waals surface area contributed by atoms with E-state index in [-0.39, 0.29) is 18.4 Å². The molecule has 3 nitrogen and oxygen atoms in total. The number of ether oxygens (including phenoxy) is 1. The quantitative estimate of drug-likeness (QED) is 0.399. The van der Waals surface area contributed by atoms with Crippen LogP contribution >= 0.6 is 0 Å². The van der Waals surface area contributed by atoms with Crippen molar-refractivity contribution in [1.29, 1.82) is 0 Å². The highest BCUT2D eigenvalue weighted by molar-refractivity contribution is 5.69. The van der Waals surface area contributed by atoms with Gasteiger partial charge < -0.3 is 9.84 Å². The van der Waals surface area contributed by atoms with Gasteiger partial charge in [0.05, 0.1) is 17.9 Å². The summed E-state index contributed by atoms with van der Waals surface area (Å²) < 4.78 is 44.9. The first kappa shape index (κ1) is 23.4. The molecule has 4 rings (SSSR count). The van der Waals surface area contributed by atoms with Crippen molar-refractivity contribution in [3.63, 3.8) is 0 Å². The number of aliphatic carboxylic acids is 1. The van der Waals surface area contributed by atoms with Gasteiger partial charge in [0.25, 0.3) is 0 Å². The number of carboxylic acid groups (broad SMARTS) is 1. The number of carbonyl (C=O) groups is 1. The third-order valence-electron chi connectivity index (χ3n) is 5.97. The zero-order valence-electron chi connectivity index (χ0n) is 18.5. The number of fused-ring (bicyclic) bond motifs is 1. The molecule has 3 aromatic rings. The fourth-order valence-electron chi connectivity index (χ4n) is 4.26. The van der Waals surface area contributed by atoms with Crippen molar-refractivity contribution in [2.75, 3.05) is 0 Å². The Balaban J connectivity index is 1.52. The van der Waals surface area contributed by atoms with Crippen LogP contribution in [0.2, 0.25) is 0 Å². The van der Waals surface area contributed by atoms with Gasteiger partial charge in [0.2, 0.25) is 0 Å². The molecular formula is C28H23F3O3. The summed E-state index contributed by atoms with van der Waals surface area (Å²) in [6.45, 7) is 1.68. The highest BCUT2D eigenvalue weighted by Gasteiger charge is 2.30. The number of benzene rings is 3. The zero-order valence-corrected chi connectivity index (χ0v) is 18.5. The molecule has 0 heterocycles. The van der Waals surface area contributed by atoms with Gasteiger partial charge in [-0.25, -0.2) is 0 Å². The molecular weight excluding hydrogens is 441 g/mol. The Morgan fingerprint density at radius 2 is 1.74 bits per heavy atom. The van der Waals surface area contributed by atoms with Gasteiger partial charge in [-0.2, -0.15) is 13.2 Å². The second kappa shape index (κ2) is 9.64. The summed E-state index contributed by atoms with van der Waals surface area (Å²) in [4.78, 5) is 11.1. The molecule has 174 valence electrons. The molecule has 0 bridgehead atoms. The standard InChI is InChI=1S/C28H23F3O3/c1-2-3-21(17-27(32)33)19-8-13-24(14-9-19)34-26-15-10-20-4-5-22(16-25(20)26)18-6-11-23(12-7-18)28(29,30)31/h4-9,11-14,16,21,26H,10,15,17H2,1H3,(H,32,33). The van der Waals surface area contributed by atoms with E-state index in [1.54, 1.807) is 6.92 Å². The van der Waals surface area contributed by atoms with E-state index in [4.69, 9.17) is 9.84 Å². The Morgan fingerprint density at radius 3 is 2.35 bits per heavy atom. The van der Waals surface area contributed by atoms with Crippen LogP contribution in [0.25, 0.3) is 11.1 Å². The van der Waals surface area contributed by atoms with Crippen LogP contribution in [0.15, 0.2) is 66.7 Å². The maximum Gasteiger partial charge on any atom is 0.416 e. The van der Waals surface area contributed by atoms with E-state index in [2.05, 4.69) is 11.8 Å². The molecule has 0 amide bonds. The number of carboxylic acids is 1. The van der Waals surface area contributed by atoms with Crippen molar-refractivity contribution < 1.29 is 27.8 Å². The van der Waals surface area contributed by atoms with Crippen LogP contribution in [0.1, 0.15) is 54.0 Å². The molecule has 1 aliphatic rings. The Kier molecular flexibility index (Phi) is 6.65. The molecule has 0 radical (unpaired) electrons. The number of hydrogen-bond acceptors (Lipinski definition) is 2. The molecule has 1 aliphatic carbocycles. The highest BCUT2D eigenvalue weighted by atomic mass is 19.4. The maximum atomic E-state index is 12.9. The molecule has 6 heteroatoms. The van der Waals surface area contributed by atoms with Crippen molar-refractivity contribution in [2.45, 2.75) is 44.4 Å². The third kappa shape index (κ3) is 5.26. The number of alkyl halides is 3. The number of hydrogen-bond donors (Lipinski definition) is 1. The predicted molar refractivity (Wildman–Crippen MR) is 123 cm³/mol. The molecule has 1 N–H and O–H groups in total. The minimum atomic E-state index is -4.36. The van der Waals surface area contributed by atoms with Crippen molar-refractivity contribution in [3.8, 4) is 28.7 Å². The van der Waals surface area contributed by atoms with E-state index in [0.717, 1.165) is 47.2 Å². The van der Waals surface area contributed by atoms with Gasteiger partial charge in [0.1, 0.15) is 11.9 Å². The van der Waals surface area contributed by atoms with Gasteiger partial charge >= 0.3 is 12.1 Å². The minimum absolute atomic E-state index is 0.0657. The summed E-state index contributed by atoms with van der Waals surface area (Å²) >= 11 is 0. The Labute approximate surface area is 196 Å². The normalized spacial score (nSPS) is 15.7. The smallest absolute Gasteiger partial charge is 0.416 e. The van der Waals surface area contributed by atoms with E-state index >= 15 is 0 Å². The van der Waals surface area contributed by atoms with Gasteiger partial charge in [0, 0.05) is 0 Å². The first-order chi connectivity index (χ1) is 16.2. The van der Waals surface area contributed by atoms with Crippen molar-refractivity contribution in [3.05, 3.63) is 89.0 Å². The second-order valence-corrected chi connectivity index (χ2v) is 8.25. The SMILES string of the molecule is CC#CC(CC(=O)O)c1ccc(OC2CCc3ccc(-c4ccc(C(F)(F)F)cc4)cc32)cc1. The third-order valence-corrected chi connectivity index (χ3v) is 5.97. The summed E-state index contributed by atoms with van der Waals surface area (Å²) in [7, 11) is 0. The van der Waals surface area contributed by atoms with E-state index in [1.165, 1.54) is 12.1 Å². The fraction of sp³-hybridized carbons (Fsp3) is 0.250. The summed E-state index contributed by atoms with van der Waals surface area (Å²) in [6, 6.07) is 18.4. The van der Waals surface area contributed by atoms with E-state index in [1.807, 2.05) is 42.5 Å². The molecule has 3 aromatic carbocycles. The van der Waals surface area contributed by atoms with Crippen LogP contribution in [0.4, 0.5) is 13.2 Å². The van der Waals surface area contributed by atoms with Crippen LogP contribution in [-0.4, -0.2) is 11.1 Å². The summed E-state index contributed by atoms with van der Waals surface area (Å²) in [5.41, 5.74) is 3.90. The Morgan fingerprint density at radius 1 is 1.06 bits per heavy atom. The summed E-state index contributed by atoms with van der Waals surface area (Å²) in [5, 5.41) is 9.12. The van der Waals surface area contributed by atoms with Crippen LogP contribution in [0, 0.1) is 11.8 Å². The second-order valence-electron chi connectivity index (χ2n) is 8.25. The lowest BCUT2D eigenvalue weighted by Crippen LogP contribution is -2.06. The Bertz CT molecular complexity index is 1230. The topological polar surface area (TPSA) is 46.5 Å². The summed E-state index contributed by atoms with van der Waals surface area (Å²) in [6.07, 6.45) is -2.93. The zero-order chi connectivity index (χ0) is 24.3. The molecule has 2 unspecified atom stereocenters. The lowest BCUT2D eigenvalue weighted by atomic mass is 9.96. The van der Waals surface area contributed by atoms with Crippen LogP contribution in [-0.2, 0) is 17.4 Å². The number of rotatable bonds is 6. The number of halogens is 3. The monoisotopic (exact) mass is 464 g/mol. The molecule has 0 fully saturated rings. The van der Waals surface area contributed by atoms with Crippen molar-refractivity contribution >= 4 is 5.97 Å². The van der Waals surface area contributed by atoms with E-state index < -0.39 is 17.7 Å². The maximum absolute atomic E-state index is 12.9. The largest absolute Gasteiger partial charge is 0.486 e. The summed E-state index contributed by atoms with van der Waals surface area (Å²) in [5.74, 6) is 5.10. The predicted octanol–water partition coefficient (Wildman–Crippen LogP) is 7.02. The molecule has 0 aliphatic heterocycles. The van der Waals surface area contributed by atoms with Crippen molar-refractivity contribution in [1.82, 2.24) is 0 Å². The van der Waals surface area contributed by atoms with E-state index in [9.17, 15) is 18.0 Å². The Hall–Kier alpha value is -3.72.